The van der Waals surface area contributed by atoms with Gasteiger partial charge in [0.15, 0.2) is 5.58 Å². The Morgan fingerprint density at radius 1 is 1.20 bits per heavy atom. The molecule has 1 unspecified atom stereocenters. The van der Waals surface area contributed by atoms with Crippen molar-refractivity contribution < 1.29 is 4.42 Å². The van der Waals surface area contributed by atoms with Crippen LogP contribution in [0.1, 0.15) is 16.5 Å². The number of fused-ring (bicyclic) bond motifs is 1. The van der Waals surface area contributed by atoms with Gasteiger partial charge in [0.25, 0.3) is 0 Å². The smallest absolute Gasteiger partial charge is 0.408 e. The second-order valence-corrected chi connectivity index (χ2v) is 5.34. The molecule has 0 radical (unpaired) electrons. The lowest BCUT2D eigenvalue weighted by atomic mass is 10.0. The van der Waals surface area contributed by atoms with Gasteiger partial charge in [-0.3, -0.25) is 4.57 Å². The molecule has 0 N–H and O–H groups in total. The molecule has 1 aromatic heterocycles. The Balaban J connectivity index is 1.92. The maximum absolute atomic E-state index is 11.5. The van der Waals surface area contributed by atoms with Crippen LogP contribution >= 0.6 is 11.6 Å². The van der Waals surface area contributed by atoms with E-state index in [0.29, 0.717) is 5.58 Å². The summed E-state index contributed by atoms with van der Waals surface area (Å²) in [5.41, 5.74) is 3.50. The minimum Gasteiger partial charge on any atom is -0.408 e. The summed E-state index contributed by atoms with van der Waals surface area (Å²) in [6.45, 7) is 0. The molecule has 4 heteroatoms. The predicted molar refractivity (Wildman–Crippen MR) is 80.2 cm³/mol. The van der Waals surface area contributed by atoms with Gasteiger partial charge in [-0.2, -0.15) is 0 Å². The van der Waals surface area contributed by atoms with E-state index >= 15 is 0 Å². The first-order valence-electron chi connectivity index (χ1n) is 6.42. The van der Waals surface area contributed by atoms with E-state index in [0.717, 1.165) is 17.5 Å². The summed E-state index contributed by atoms with van der Waals surface area (Å²) in [5.74, 6) is -0.355. The average Bonchev–Trinajstić information content (AvgIpc) is 2.74. The number of aromatic nitrogens is 1. The second-order valence-electron chi connectivity index (χ2n) is 4.81. The van der Waals surface area contributed by atoms with E-state index in [2.05, 4.69) is 12.1 Å². The highest BCUT2D eigenvalue weighted by Gasteiger charge is 2.12. The van der Waals surface area contributed by atoms with Gasteiger partial charge in [0.2, 0.25) is 0 Å². The number of alkyl halides is 1. The Kier molecular flexibility index (Phi) is 3.36. The number of benzene rings is 2. The normalized spacial score (nSPS) is 12.7. The fourth-order valence-electron chi connectivity index (χ4n) is 2.28. The minimum absolute atomic E-state index is 0.146. The van der Waals surface area contributed by atoms with Crippen LogP contribution in [0.3, 0.4) is 0 Å². The summed E-state index contributed by atoms with van der Waals surface area (Å²) >= 11 is 6.46. The van der Waals surface area contributed by atoms with Gasteiger partial charge in [-0.1, -0.05) is 36.4 Å². The van der Waals surface area contributed by atoms with Crippen LogP contribution in [0.2, 0.25) is 0 Å². The van der Waals surface area contributed by atoms with Crippen LogP contribution in [0.25, 0.3) is 11.1 Å². The SMILES string of the molecule is Cn1c(=O)oc2cc(C(Cl)Cc3ccccc3)ccc21. The van der Waals surface area contributed by atoms with Crippen LogP contribution in [-0.4, -0.2) is 4.57 Å². The maximum Gasteiger partial charge on any atom is 0.419 e. The van der Waals surface area contributed by atoms with E-state index in [1.165, 1.54) is 10.1 Å². The molecule has 20 heavy (non-hydrogen) atoms. The van der Waals surface area contributed by atoms with Crippen molar-refractivity contribution in [1.82, 2.24) is 4.57 Å². The molecule has 1 atom stereocenters. The van der Waals surface area contributed by atoms with Crippen molar-refractivity contribution in [3.05, 3.63) is 70.2 Å². The van der Waals surface area contributed by atoms with Crippen LogP contribution in [0.5, 0.6) is 0 Å². The van der Waals surface area contributed by atoms with E-state index < -0.39 is 0 Å². The monoisotopic (exact) mass is 287 g/mol. The molecule has 0 aliphatic rings. The van der Waals surface area contributed by atoms with Crippen molar-refractivity contribution in [3.63, 3.8) is 0 Å². The minimum atomic E-state index is -0.355. The highest BCUT2D eigenvalue weighted by atomic mass is 35.5. The van der Waals surface area contributed by atoms with Gasteiger partial charge in [0.05, 0.1) is 10.9 Å². The first-order chi connectivity index (χ1) is 9.65. The zero-order valence-electron chi connectivity index (χ0n) is 11.0. The van der Waals surface area contributed by atoms with Gasteiger partial charge < -0.3 is 4.42 Å². The maximum atomic E-state index is 11.5. The largest absolute Gasteiger partial charge is 0.419 e. The van der Waals surface area contributed by atoms with Gasteiger partial charge >= 0.3 is 5.76 Å². The third kappa shape index (κ3) is 2.37. The van der Waals surface area contributed by atoms with Crippen LogP contribution in [0.15, 0.2) is 57.7 Å². The van der Waals surface area contributed by atoms with Gasteiger partial charge in [-0.05, 0) is 29.7 Å². The number of rotatable bonds is 3. The lowest BCUT2D eigenvalue weighted by molar-refractivity contribution is 0.528. The van der Waals surface area contributed by atoms with E-state index in [-0.39, 0.29) is 11.1 Å². The number of hydrogen-bond acceptors (Lipinski definition) is 2. The zero-order valence-corrected chi connectivity index (χ0v) is 11.8. The number of oxazole rings is 1. The topological polar surface area (TPSA) is 35.1 Å². The Morgan fingerprint density at radius 2 is 1.95 bits per heavy atom. The first-order valence-corrected chi connectivity index (χ1v) is 6.86. The van der Waals surface area contributed by atoms with Gasteiger partial charge in [-0.25, -0.2) is 4.79 Å². The molecule has 0 saturated heterocycles. The molecule has 0 fully saturated rings. The third-order valence-electron chi connectivity index (χ3n) is 3.44. The van der Waals surface area contributed by atoms with E-state index in [1.54, 1.807) is 7.05 Å². The van der Waals surface area contributed by atoms with Crippen LogP contribution < -0.4 is 5.76 Å². The molecule has 1 heterocycles. The van der Waals surface area contributed by atoms with Crippen molar-refractivity contribution in [2.24, 2.45) is 7.05 Å². The number of halogens is 1. The Hall–Kier alpha value is -2.00. The van der Waals surface area contributed by atoms with Crippen molar-refractivity contribution in [2.45, 2.75) is 11.8 Å². The molecule has 3 rings (SSSR count). The molecule has 0 bridgehead atoms. The summed E-state index contributed by atoms with van der Waals surface area (Å²) in [6, 6.07) is 15.7. The number of aryl methyl sites for hydroxylation is 1. The number of nitrogens with zero attached hydrogens (tertiary/aromatic N) is 1. The molecule has 3 aromatic rings. The molecule has 0 amide bonds. The quantitative estimate of drug-likeness (QED) is 0.689. The van der Waals surface area contributed by atoms with E-state index in [4.69, 9.17) is 16.0 Å². The summed E-state index contributed by atoms with van der Waals surface area (Å²) < 4.78 is 6.67. The molecular formula is C16H14ClNO2. The summed E-state index contributed by atoms with van der Waals surface area (Å²) in [6.07, 6.45) is 0.741. The van der Waals surface area contributed by atoms with Crippen LogP contribution in [-0.2, 0) is 13.5 Å². The molecule has 2 aromatic carbocycles. The Morgan fingerprint density at radius 3 is 2.70 bits per heavy atom. The molecule has 0 spiro atoms. The highest BCUT2D eigenvalue weighted by Crippen LogP contribution is 2.27. The van der Waals surface area contributed by atoms with E-state index in [1.807, 2.05) is 36.4 Å². The standard InChI is InChI=1S/C16H14ClNO2/c1-18-14-8-7-12(10-15(14)20-16(18)19)13(17)9-11-5-3-2-4-6-11/h2-8,10,13H,9H2,1H3. The summed E-state index contributed by atoms with van der Waals surface area (Å²) in [4.78, 5) is 11.5. The van der Waals surface area contributed by atoms with Crippen molar-refractivity contribution >= 4 is 22.7 Å². The zero-order chi connectivity index (χ0) is 14.1. The van der Waals surface area contributed by atoms with Crippen molar-refractivity contribution in [2.75, 3.05) is 0 Å². The van der Waals surface area contributed by atoms with Crippen LogP contribution in [0, 0.1) is 0 Å². The second kappa shape index (κ2) is 5.17. The Labute approximate surface area is 121 Å². The molecule has 0 aliphatic heterocycles. The lowest BCUT2D eigenvalue weighted by Gasteiger charge is -2.09. The molecule has 0 aliphatic carbocycles. The fourth-order valence-corrected chi connectivity index (χ4v) is 2.60. The summed E-state index contributed by atoms with van der Waals surface area (Å²) in [7, 11) is 1.69. The van der Waals surface area contributed by atoms with Gasteiger partial charge in [0, 0.05) is 7.05 Å². The van der Waals surface area contributed by atoms with Crippen LogP contribution in [0.4, 0.5) is 0 Å². The molecule has 102 valence electrons. The van der Waals surface area contributed by atoms with Gasteiger partial charge in [0.1, 0.15) is 0 Å². The van der Waals surface area contributed by atoms with Gasteiger partial charge in [-0.15, -0.1) is 11.6 Å². The molecular weight excluding hydrogens is 274 g/mol. The first kappa shape index (κ1) is 13.0. The summed E-state index contributed by atoms with van der Waals surface area (Å²) in [5, 5.41) is -0.146. The molecule has 0 saturated carbocycles. The average molecular weight is 288 g/mol. The Bertz CT molecular complexity index is 789. The lowest BCUT2D eigenvalue weighted by Crippen LogP contribution is -2.08. The number of hydrogen-bond donors (Lipinski definition) is 0. The molecule has 3 nitrogen and oxygen atoms in total. The predicted octanol–water partition coefficient (Wildman–Crippen LogP) is 3.65. The van der Waals surface area contributed by atoms with Crippen molar-refractivity contribution in [3.8, 4) is 0 Å². The third-order valence-corrected chi connectivity index (χ3v) is 3.84. The highest BCUT2D eigenvalue weighted by molar-refractivity contribution is 6.21. The fraction of sp³-hybridized carbons (Fsp3) is 0.188. The van der Waals surface area contributed by atoms with Crippen molar-refractivity contribution in [1.29, 1.82) is 0 Å². The van der Waals surface area contributed by atoms with E-state index in [9.17, 15) is 4.79 Å².